The van der Waals surface area contributed by atoms with Crippen LogP contribution in [-0.4, -0.2) is 27.0 Å². The lowest BCUT2D eigenvalue weighted by Gasteiger charge is -2.12. The number of halogens is 3. The SMILES string of the molecule is C.CC(C)c1cc2ccccc2s1.CC(C)c1ccc(C(C)(F)F)cc1.CC(C)c1ccc2ccccc2c1.CC(C)c1cnc2ccccc2c1.CC(C)c1cnc2ccccc2n1.COc1ccc(C(C)C)cc1N.Cc1ccc(C(C)C)cc1.Cc1ccc(C(C)C)cc1.Cc1ccc(C(C)C)cc1F.Cc1ccc2[nH]c(C(C)C)cc2c1.Cc1cccc(C(C)C)c1. The maximum atomic E-state index is 12.9. The lowest BCUT2D eigenvalue weighted by atomic mass is 9.99. The number of hydrogen-bond donors (Lipinski definition) is 2. The molecule has 131 heavy (non-hydrogen) atoms. The van der Waals surface area contributed by atoms with Crippen molar-refractivity contribution in [1.82, 2.24) is 19.9 Å². The minimum Gasteiger partial charge on any atom is -0.495 e. The molecule has 0 spiro atoms. The third-order valence-electron chi connectivity index (χ3n) is 22.3. The van der Waals surface area contributed by atoms with Gasteiger partial charge < -0.3 is 15.5 Å². The number of aryl methyl sites for hydroxylation is 5. The van der Waals surface area contributed by atoms with E-state index >= 15 is 0 Å². The number of H-pyrrole nitrogens is 1. The summed E-state index contributed by atoms with van der Waals surface area (Å²) in [7, 11) is 1.63. The second kappa shape index (κ2) is 55.0. The van der Waals surface area contributed by atoms with Gasteiger partial charge in [-0.2, -0.15) is 0 Å². The highest BCUT2D eigenvalue weighted by atomic mass is 32.1. The van der Waals surface area contributed by atoms with Gasteiger partial charge in [0.15, 0.2) is 0 Å². The number of hydrogen-bond acceptors (Lipinski definition) is 6. The van der Waals surface area contributed by atoms with E-state index in [1.807, 2.05) is 110 Å². The number of pyridine rings is 1. The molecule has 0 bridgehead atoms. The van der Waals surface area contributed by atoms with Crippen LogP contribution in [0, 0.1) is 40.4 Å². The van der Waals surface area contributed by atoms with Crippen molar-refractivity contribution < 1.29 is 17.9 Å². The van der Waals surface area contributed by atoms with E-state index in [2.05, 4.69) is 368 Å². The van der Waals surface area contributed by atoms with E-state index in [0.29, 0.717) is 70.8 Å². The number of para-hydroxylation sites is 3. The highest BCUT2D eigenvalue weighted by Crippen LogP contribution is 2.33. The number of anilines is 1. The molecule has 10 heteroatoms. The van der Waals surface area contributed by atoms with Crippen LogP contribution in [0.4, 0.5) is 18.9 Å². The maximum absolute atomic E-state index is 12.9. The monoisotopic (exact) mass is 1780 g/mol. The first kappa shape index (κ1) is 110. The topological polar surface area (TPSA) is 89.7 Å². The van der Waals surface area contributed by atoms with Crippen molar-refractivity contribution in [3.63, 3.8) is 0 Å². The van der Waals surface area contributed by atoms with Crippen LogP contribution in [-0.2, 0) is 5.92 Å². The van der Waals surface area contributed by atoms with Crippen molar-refractivity contribution in [2.45, 2.75) is 272 Å². The molecule has 0 unspecified atom stereocenters. The number of methoxy groups -OCH3 is 1. The van der Waals surface area contributed by atoms with Gasteiger partial charge in [-0.05, 0) is 244 Å². The molecule has 0 amide bonds. The third kappa shape index (κ3) is 37.7. The number of rotatable bonds is 13. The zero-order valence-corrected chi connectivity index (χ0v) is 84.3. The van der Waals surface area contributed by atoms with Crippen molar-refractivity contribution in [1.29, 1.82) is 0 Å². The van der Waals surface area contributed by atoms with Crippen LogP contribution in [0.15, 0.2) is 298 Å². The summed E-state index contributed by atoms with van der Waals surface area (Å²) < 4.78 is 45.0. The average molecular weight is 1780 g/mol. The summed E-state index contributed by atoms with van der Waals surface area (Å²) in [6.07, 6.45) is 3.82. The van der Waals surface area contributed by atoms with Gasteiger partial charge in [0.2, 0.25) is 0 Å². The number of benzene rings is 12. The van der Waals surface area contributed by atoms with Gasteiger partial charge in [0.25, 0.3) is 5.92 Å². The minimum atomic E-state index is -2.73. The van der Waals surface area contributed by atoms with Gasteiger partial charge in [0, 0.05) is 51.1 Å². The van der Waals surface area contributed by atoms with Gasteiger partial charge in [-0.3, -0.25) is 9.97 Å². The van der Waals surface area contributed by atoms with Gasteiger partial charge in [0.1, 0.15) is 11.6 Å². The second-order valence-corrected chi connectivity index (χ2v) is 38.4. The van der Waals surface area contributed by atoms with Crippen LogP contribution in [0.3, 0.4) is 0 Å². The number of fused-ring (bicyclic) bond motifs is 5. The predicted molar refractivity (Wildman–Crippen MR) is 570 cm³/mol. The molecule has 16 aromatic rings. The van der Waals surface area contributed by atoms with E-state index in [4.69, 9.17) is 10.5 Å². The summed E-state index contributed by atoms with van der Waals surface area (Å²) in [5.74, 6) is 4.03. The lowest BCUT2D eigenvalue weighted by molar-refractivity contribution is 0.0174. The van der Waals surface area contributed by atoms with Crippen LogP contribution in [0.5, 0.6) is 5.75 Å². The van der Waals surface area contributed by atoms with E-state index in [0.717, 1.165) is 51.6 Å². The molecule has 3 N–H and O–H groups in total. The molecule has 6 nitrogen and oxygen atoms in total. The Hall–Kier alpha value is -11.5. The molecule has 696 valence electrons. The van der Waals surface area contributed by atoms with E-state index in [-0.39, 0.29) is 18.8 Å². The molecule has 0 atom stereocenters. The summed E-state index contributed by atoms with van der Waals surface area (Å²) in [4.78, 5) is 18.2. The molecule has 0 saturated carbocycles. The number of ether oxygens (including phenoxy) is 1. The fourth-order valence-electron chi connectivity index (χ4n) is 13.3. The van der Waals surface area contributed by atoms with Gasteiger partial charge >= 0.3 is 0 Å². The smallest absolute Gasteiger partial charge is 0.270 e. The molecule has 0 saturated heterocycles. The number of aromatic nitrogens is 4. The Kier molecular flexibility index (Phi) is 46.2. The Morgan fingerprint density at radius 3 is 1.24 bits per heavy atom. The van der Waals surface area contributed by atoms with Gasteiger partial charge in [0.05, 0.1) is 35.0 Å². The number of thiophene rings is 1. The molecule has 4 heterocycles. The number of nitrogens with two attached hydrogens (primary N) is 1. The van der Waals surface area contributed by atoms with Crippen molar-refractivity contribution >= 4 is 70.7 Å². The standard InChI is InChI=1S/C13H14.C12H15N.C12H13N.C11H14F2.C11H12N2.C11H12S.C10H13F.C10H15NO.3C10H14.CH4/c1-10(2)12-8-7-11-5-3-4-6-13(11)9-12;1-8(2)12-7-10-6-9(3)4-5-11(10)13-12;1-9(2)11-7-10-5-3-4-6-12(10)13-8-11;1-8(2)9-4-6-10(7-5-9)11(3,12)13;1-8(2)11-7-12-9-5-3-4-6-10(9)13-11;1-8(2)11-7-9-5-3-4-6-10(9)12-11;1-7(2)9-5-4-8(3)10(11)6-9;1-7(2)8-4-5-10(12-3)9(11)6-8;2*1-8(2)10-6-4-9(3)5-7-10;1-8(2)10-6-4-5-9(3)7-10;/h3-10H,1-2H3;4-8,13H,1-3H3;3-9H,1-2H3;4-8H,1-3H3;3-8H,1-2H3;3-8H,1-2H3;4-7H,1-3H3;4-7H,11H2,1-3H3;3*4-8H,1-3H3;1H4. The van der Waals surface area contributed by atoms with Gasteiger partial charge in [-0.15, -0.1) is 11.3 Å². The zero-order valence-electron chi connectivity index (χ0n) is 83.5. The van der Waals surface area contributed by atoms with Crippen molar-refractivity contribution in [2.75, 3.05) is 12.8 Å². The number of nitrogen functional groups attached to an aromatic ring is 1. The summed E-state index contributed by atoms with van der Waals surface area (Å²) in [5, 5.41) is 6.60. The van der Waals surface area contributed by atoms with Crippen LogP contribution in [0.1, 0.15) is 326 Å². The quantitative estimate of drug-likeness (QED) is 0.112. The Morgan fingerprint density at radius 2 is 0.763 bits per heavy atom. The van der Waals surface area contributed by atoms with Crippen LogP contribution in [0.2, 0.25) is 0 Å². The van der Waals surface area contributed by atoms with Gasteiger partial charge in [-0.25, -0.2) is 18.2 Å². The van der Waals surface area contributed by atoms with Gasteiger partial charge in [-0.1, -0.05) is 394 Å². The molecule has 4 aromatic heterocycles. The Labute approximate surface area is 791 Å². The normalized spacial score (nSPS) is 10.9. The number of nitrogens with zero attached hydrogens (tertiary/aromatic N) is 3. The lowest BCUT2D eigenvalue weighted by Crippen LogP contribution is -2.06. The molecular weight excluding hydrogens is 1630 g/mol. The molecule has 0 aliphatic heterocycles. The first-order valence-electron chi connectivity index (χ1n) is 46.5. The summed E-state index contributed by atoms with van der Waals surface area (Å²) >= 11 is 1.91. The predicted octanol–water partition coefficient (Wildman–Crippen LogP) is 37.3. The maximum Gasteiger partial charge on any atom is 0.270 e. The highest BCUT2D eigenvalue weighted by molar-refractivity contribution is 7.19. The van der Waals surface area contributed by atoms with Crippen LogP contribution < -0.4 is 10.5 Å². The molecule has 16 rings (SSSR count). The Balaban J connectivity index is 0.000000255. The summed E-state index contributed by atoms with van der Waals surface area (Å²) in [6.45, 7) is 58.9. The van der Waals surface area contributed by atoms with Crippen molar-refractivity contribution in [3.05, 3.63) is 397 Å². The molecule has 0 aliphatic carbocycles. The molecule has 0 radical (unpaired) electrons. The van der Waals surface area contributed by atoms with E-state index in [1.165, 1.54) is 115 Å². The Bertz CT molecular complexity index is 5700. The largest absolute Gasteiger partial charge is 0.495 e. The fraction of sp³-hybridized carbons (Fsp3) is 0.347. The number of nitrogens with one attached hydrogen (secondary N) is 1. The van der Waals surface area contributed by atoms with Crippen LogP contribution in [0.25, 0.3) is 53.7 Å². The molecular formula is C121H154F3N5OS. The summed E-state index contributed by atoms with van der Waals surface area (Å²) in [6, 6.07) is 97.1. The zero-order chi connectivity index (χ0) is 96.1. The average Bonchev–Trinajstić information content (AvgIpc) is 1.52. The molecule has 0 aliphatic rings. The molecule has 0 fully saturated rings. The first-order valence-corrected chi connectivity index (χ1v) is 47.3. The second-order valence-electron chi connectivity index (χ2n) is 37.3. The van der Waals surface area contributed by atoms with Crippen molar-refractivity contribution in [3.8, 4) is 5.75 Å². The molecule has 12 aromatic carbocycles. The number of aromatic amines is 1. The minimum absolute atomic E-state index is 0. The van der Waals surface area contributed by atoms with Crippen LogP contribution >= 0.6 is 11.3 Å². The highest BCUT2D eigenvalue weighted by Gasteiger charge is 2.24. The first-order chi connectivity index (χ1) is 61.5. The van der Waals surface area contributed by atoms with Crippen molar-refractivity contribution in [2.24, 2.45) is 0 Å². The third-order valence-corrected chi connectivity index (χ3v) is 23.7. The van der Waals surface area contributed by atoms with E-state index in [9.17, 15) is 13.2 Å². The van der Waals surface area contributed by atoms with E-state index in [1.54, 1.807) is 32.2 Å². The van der Waals surface area contributed by atoms with E-state index < -0.39 is 5.92 Å². The fourth-order valence-corrected chi connectivity index (χ4v) is 14.3. The summed E-state index contributed by atoms with van der Waals surface area (Å²) in [5.41, 5.74) is 29.6. The Morgan fingerprint density at radius 1 is 0.336 bits per heavy atom. The number of alkyl halides is 2.